The highest BCUT2D eigenvalue weighted by molar-refractivity contribution is 7.98. The second-order valence-electron chi connectivity index (χ2n) is 5.62. The van der Waals surface area contributed by atoms with Crippen LogP contribution < -0.4 is 11.3 Å². The molecule has 104 valence electrons. The van der Waals surface area contributed by atoms with Gasteiger partial charge in [0.2, 0.25) is 0 Å². The van der Waals surface area contributed by atoms with Crippen molar-refractivity contribution in [2.24, 2.45) is 11.8 Å². The van der Waals surface area contributed by atoms with Gasteiger partial charge in [-0.05, 0) is 31.6 Å². The summed E-state index contributed by atoms with van der Waals surface area (Å²) in [5.74, 6) is 10.9. The number of nitrogens with two attached hydrogens (primary N) is 1. The predicted octanol–water partition coefficient (Wildman–Crippen LogP) is 3.19. The first-order valence-electron chi connectivity index (χ1n) is 7.25. The van der Waals surface area contributed by atoms with Gasteiger partial charge in [-0.3, -0.25) is 0 Å². The molecule has 19 heavy (non-hydrogen) atoms. The van der Waals surface area contributed by atoms with Crippen LogP contribution in [0.25, 0.3) is 0 Å². The molecule has 1 fully saturated rings. The smallest absolute Gasteiger partial charge is 0.148 e. The van der Waals surface area contributed by atoms with Gasteiger partial charge in [-0.15, -0.1) is 0 Å². The van der Waals surface area contributed by atoms with E-state index >= 15 is 0 Å². The van der Waals surface area contributed by atoms with Crippen LogP contribution in [0.3, 0.4) is 0 Å². The fourth-order valence-electron chi connectivity index (χ4n) is 3.20. The first kappa shape index (κ1) is 13.2. The van der Waals surface area contributed by atoms with E-state index in [1.54, 1.807) is 0 Å². The lowest BCUT2D eigenvalue weighted by Gasteiger charge is -2.27. The third-order valence-corrected chi connectivity index (χ3v) is 5.49. The maximum Gasteiger partial charge on any atom is 0.148 e. The van der Waals surface area contributed by atoms with Gasteiger partial charge in [0.15, 0.2) is 0 Å². The van der Waals surface area contributed by atoms with Crippen molar-refractivity contribution in [3.63, 3.8) is 0 Å². The molecule has 1 aromatic heterocycles. The van der Waals surface area contributed by atoms with Crippen molar-refractivity contribution >= 4 is 17.6 Å². The number of nitrogens with one attached hydrogen (secondary N) is 1. The van der Waals surface area contributed by atoms with Crippen LogP contribution in [0.15, 0.2) is 0 Å². The van der Waals surface area contributed by atoms with Crippen molar-refractivity contribution in [3.8, 4) is 0 Å². The molecule has 0 saturated heterocycles. The van der Waals surface area contributed by atoms with Crippen LogP contribution in [0.5, 0.6) is 0 Å². The third-order valence-electron chi connectivity index (χ3n) is 4.52. The Labute approximate surface area is 118 Å². The van der Waals surface area contributed by atoms with Crippen molar-refractivity contribution in [1.82, 2.24) is 9.97 Å². The lowest BCUT2D eigenvalue weighted by atomic mass is 9.80. The minimum absolute atomic E-state index is 0.533. The van der Waals surface area contributed by atoms with Gasteiger partial charge < -0.3 is 5.43 Å². The second kappa shape index (κ2) is 5.67. The topological polar surface area (TPSA) is 63.8 Å². The second-order valence-corrected chi connectivity index (χ2v) is 6.60. The summed E-state index contributed by atoms with van der Waals surface area (Å²) in [4.78, 5) is 9.49. The molecule has 3 rings (SSSR count). The molecule has 1 aliphatic carbocycles. The zero-order valence-electron chi connectivity index (χ0n) is 11.5. The summed E-state index contributed by atoms with van der Waals surface area (Å²) in [6.07, 6.45) is 6.41. The number of anilines is 1. The monoisotopic (exact) mass is 278 g/mol. The Balaban J connectivity index is 1.82. The van der Waals surface area contributed by atoms with Crippen LogP contribution in [-0.2, 0) is 11.5 Å². The molecule has 4 nitrogen and oxygen atoms in total. The SMILES string of the molecule is CCC1CCC(c2nc3c(c(NN)n2)CSC3)CC1. The van der Waals surface area contributed by atoms with Crippen LogP contribution in [0.2, 0.25) is 0 Å². The van der Waals surface area contributed by atoms with E-state index in [1.165, 1.54) is 43.4 Å². The number of nitrogen functional groups attached to an aromatic ring is 1. The molecule has 0 spiro atoms. The molecular weight excluding hydrogens is 256 g/mol. The Morgan fingerprint density at radius 1 is 1.21 bits per heavy atom. The van der Waals surface area contributed by atoms with E-state index in [1.807, 2.05) is 11.8 Å². The first-order chi connectivity index (χ1) is 9.31. The van der Waals surface area contributed by atoms with E-state index in [-0.39, 0.29) is 0 Å². The molecule has 1 aromatic rings. The average molecular weight is 278 g/mol. The molecule has 5 heteroatoms. The Morgan fingerprint density at radius 2 is 2.00 bits per heavy atom. The Hall–Kier alpha value is -0.810. The maximum absolute atomic E-state index is 5.62. The lowest BCUT2D eigenvalue weighted by molar-refractivity contribution is 0.312. The van der Waals surface area contributed by atoms with E-state index in [9.17, 15) is 0 Å². The summed E-state index contributed by atoms with van der Waals surface area (Å²) in [6.45, 7) is 2.30. The van der Waals surface area contributed by atoms with Crippen molar-refractivity contribution in [3.05, 3.63) is 17.1 Å². The van der Waals surface area contributed by atoms with Gasteiger partial charge in [-0.2, -0.15) is 11.8 Å². The number of nitrogens with zero attached hydrogens (tertiary/aromatic N) is 2. The van der Waals surface area contributed by atoms with E-state index in [0.29, 0.717) is 5.92 Å². The van der Waals surface area contributed by atoms with E-state index < -0.39 is 0 Å². The summed E-state index contributed by atoms with van der Waals surface area (Å²) < 4.78 is 0. The number of hydrazine groups is 1. The quantitative estimate of drug-likeness (QED) is 0.656. The minimum Gasteiger partial charge on any atom is -0.308 e. The molecule has 0 aromatic carbocycles. The third kappa shape index (κ3) is 2.58. The van der Waals surface area contributed by atoms with Gasteiger partial charge in [0, 0.05) is 23.0 Å². The molecule has 2 heterocycles. The summed E-state index contributed by atoms with van der Waals surface area (Å²) in [6, 6.07) is 0. The van der Waals surface area contributed by atoms with Crippen LogP contribution >= 0.6 is 11.8 Å². The largest absolute Gasteiger partial charge is 0.308 e. The zero-order chi connectivity index (χ0) is 13.2. The van der Waals surface area contributed by atoms with Crippen LogP contribution in [0, 0.1) is 5.92 Å². The standard InChI is InChI=1S/C14H22N4S/c1-2-9-3-5-10(6-4-9)13-16-12-8-19-7-11(12)14(17-13)18-15/h9-10H,2-8,15H2,1H3,(H,16,17,18). The molecule has 1 saturated carbocycles. The van der Waals surface area contributed by atoms with Gasteiger partial charge in [-0.25, -0.2) is 15.8 Å². The van der Waals surface area contributed by atoms with Crippen molar-refractivity contribution in [2.45, 2.75) is 56.5 Å². The summed E-state index contributed by atoms with van der Waals surface area (Å²) in [5, 5.41) is 0. The normalized spacial score (nSPS) is 26.2. The Kier molecular flexibility index (Phi) is 3.93. The summed E-state index contributed by atoms with van der Waals surface area (Å²) >= 11 is 1.89. The molecule has 1 aliphatic heterocycles. The fourth-order valence-corrected chi connectivity index (χ4v) is 4.24. The van der Waals surface area contributed by atoms with E-state index in [0.717, 1.165) is 29.1 Å². The van der Waals surface area contributed by atoms with Gasteiger partial charge in [0.05, 0.1) is 5.69 Å². The number of aromatic nitrogens is 2. The van der Waals surface area contributed by atoms with Crippen molar-refractivity contribution < 1.29 is 0 Å². The highest BCUT2D eigenvalue weighted by Gasteiger charge is 2.26. The number of thioether (sulfide) groups is 1. The molecular formula is C14H22N4S. The van der Waals surface area contributed by atoms with Gasteiger partial charge in [0.25, 0.3) is 0 Å². The number of rotatable bonds is 3. The van der Waals surface area contributed by atoms with Crippen LogP contribution in [0.1, 0.15) is 62.0 Å². The summed E-state index contributed by atoms with van der Waals surface area (Å²) in [5.41, 5.74) is 5.16. The Morgan fingerprint density at radius 3 is 2.68 bits per heavy atom. The molecule has 0 atom stereocenters. The van der Waals surface area contributed by atoms with E-state index in [2.05, 4.69) is 17.3 Å². The predicted molar refractivity (Wildman–Crippen MR) is 79.8 cm³/mol. The molecule has 2 aliphatic rings. The first-order valence-corrected chi connectivity index (χ1v) is 8.41. The molecule has 0 amide bonds. The van der Waals surface area contributed by atoms with Crippen LogP contribution in [-0.4, -0.2) is 9.97 Å². The van der Waals surface area contributed by atoms with E-state index in [4.69, 9.17) is 10.8 Å². The number of fused-ring (bicyclic) bond motifs is 1. The minimum atomic E-state index is 0.533. The average Bonchev–Trinajstić information content (AvgIpc) is 2.94. The molecule has 0 bridgehead atoms. The van der Waals surface area contributed by atoms with Gasteiger partial charge >= 0.3 is 0 Å². The lowest BCUT2D eigenvalue weighted by Crippen LogP contribution is -2.18. The number of hydrogen-bond donors (Lipinski definition) is 2. The maximum atomic E-state index is 5.62. The molecule has 3 N–H and O–H groups in total. The zero-order valence-corrected chi connectivity index (χ0v) is 12.3. The fraction of sp³-hybridized carbons (Fsp3) is 0.714. The van der Waals surface area contributed by atoms with Crippen LogP contribution in [0.4, 0.5) is 5.82 Å². The summed E-state index contributed by atoms with van der Waals surface area (Å²) in [7, 11) is 0. The van der Waals surface area contributed by atoms with Crippen molar-refractivity contribution in [2.75, 3.05) is 5.43 Å². The highest BCUT2D eigenvalue weighted by Crippen LogP contribution is 2.38. The highest BCUT2D eigenvalue weighted by atomic mass is 32.2. The number of hydrogen-bond acceptors (Lipinski definition) is 5. The van der Waals surface area contributed by atoms with Gasteiger partial charge in [-0.1, -0.05) is 13.3 Å². The van der Waals surface area contributed by atoms with Gasteiger partial charge in [0.1, 0.15) is 11.6 Å². The molecule has 0 unspecified atom stereocenters. The van der Waals surface area contributed by atoms with Crippen molar-refractivity contribution in [1.29, 1.82) is 0 Å². The molecule has 0 radical (unpaired) electrons. The Bertz CT molecular complexity index is 455.